The van der Waals surface area contributed by atoms with Crippen LogP contribution in [0.15, 0.2) is 12.4 Å². The number of hydrogen-bond acceptors (Lipinski definition) is 4. The van der Waals surface area contributed by atoms with Crippen LogP contribution >= 0.6 is 0 Å². The Morgan fingerprint density at radius 3 is 3.00 bits per heavy atom. The van der Waals surface area contributed by atoms with Crippen molar-refractivity contribution in [3.05, 3.63) is 18.1 Å². The van der Waals surface area contributed by atoms with Gasteiger partial charge in [-0.15, -0.1) is 0 Å². The molecule has 0 amide bonds. The molecule has 1 aromatic heterocycles. The lowest BCUT2D eigenvalue weighted by atomic mass is 10.1. The van der Waals surface area contributed by atoms with Crippen LogP contribution in [0.1, 0.15) is 32.4 Å². The lowest BCUT2D eigenvalue weighted by Gasteiger charge is -2.14. The molecule has 0 aliphatic carbocycles. The van der Waals surface area contributed by atoms with E-state index in [0.717, 1.165) is 36.8 Å². The van der Waals surface area contributed by atoms with Crippen molar-refractivity contribution in [3.63, 3.8) is 0 Å². The Morgan fingerprint density at radius 2 is 2.28 bits per heavy atom. The first-order chi connectivity index (χ1) is 8.81. The molecule has 2 heterocycles. The summed E-state index contributed by atoms with van der Waals surface area (Å²) < 4.78 is 0. The Morgan fingerprint density at radius 1 is 1.39 bits per heavy atom. The zero-order chi connectivity index (χ0) is 12.8. The molecule has 4 nitrogen and oxygen atoms in total. The van der Waals surface area contributed by atoms with E-state index >= 15 is 0 Å². The molecule has 1 aliphatic rings. The third-order valence-corrected chi connectivity index (χ3v) is 3.62. The lowest BCUT2D eigenvalue weighted by molar-refractivity contribution is 0.345. The highest BCUT2D eigenvalue weighted by Crippen LogP contribution is 2.16. The van der Waals surface area contributed by atoms with Gasteiger partial charge in [-0.1, -0.05) is 20.3 Å². The Balaban J connectivity index is 1.81. The number of nitrogens with one attached hydrogen (secondary N) is 1. The van der Waals surface area contributed by atoms with Gasteiger partial charge in [-0.2, -0.15) is 0 Å². The molecule has 100 valence electrons. The van der Waals surface area contributed by atoms with Crippen LogP contribution in [0.4, 0.5) is 5.82 Å². The average Bonchev–Trinajstić information content (AvgIpc) is 2.85. The number of rotatable bonds is 6. The predicted molar refractivity (Wildman–Crippen MR) is 74.7 cm³/mol. The standard InChI is InChI=1S/C14H24N4/c1-3-5-13-8-14(17-11-16-13)15-9-12-6-7-18(4-2)10-12/h8,11-12H,3-7,9-10H2,1-2H3,(H,15,16,17). The summed E-state index contributed by atoms with van der Waals surface area (Å²) in [6, 6.07) is 2.08. The summed E-state index contributed by atoms with van der Waals surface area (Å²) in [7, 11) is 0. The van der Waals surface area contributed by atoms with Crippen molar-refractivity contribution < 1.29 is 0 Å². The van der Waals surface area contributed by atoms with Crippen LogP contribution in [0.5, 0.6) is 0 Å². The van der Waals surface area contributed by atoms with E-state index in [1.165, 1.54) is 26.1 Å². The van der Waals surface area contributed by atoms with Gasteiger partial charge in [0.25, 0.3) is 0 Å². The van der Waals surface area contributed by atoms with Crippen molar-refractivity contribution in [2.45, 2.75) is 33.1 Å². The van der Waals surface area contributed by atoms with Crippen molar-refractivity contribution >= 4 is 5.82 Å². The molecular weight excluding hydrogens is 224 g/mol. The van der Waals surface area contributed by atoms with Crippen molar-refractivity contribution in [2.24, 2.45) is 5.92 Å². The molecule has 4 heteroatoms. The first kappa shape index (κ1) is 13.3. The molecule has 2 rings (SSSR count). The zero-order valence-corrected chi connectivity index (χ0v) is 11.5. The molecule has 1 saturated heterocycles. The molecule has 1 aliphatic heterocycles. The van der Waals surface area contributed by atoms with E-state index in [9.17, 15) is 0 Å². The maximum absolute atomic E-state index is 4.29. The van der Waals surface area contributed by atoms with Crippen LogP contribution < -0.4 is 5.32 Å². The average molecular weight is 248 g/mol. The predicted octanol–water partition coefficient (Wildman–Crippen LogP) is 2.18. The molecule has 0 radical (unpaired) electrons. The Hall–Kier alpha value is -1.16. The van der Waals surface area contributed by atoms with Gasteiger partial charge in [-0.05, 0) is 31.8 Å². The highest BCUT2D eigenvalue weighted by molar-refractivity contribution is 5.34. The summed E-state index contributed by atoms with van der Waals surface area (Å²) >= 11 is 0. The largest absolute Gasteiger partial charge is 0.370 e. The van der Waals surface area contributed by atoms with E-state index in [2.05, 4.69) is 40.1 Å². The van der Waals surface area contributed by atoms with E-state index in [0.29, 0.717) is 0 Å². The number of aryl methyl sites for hydroxylation is 1. The first-order valence-electron chi connectivity index (χ1n) is 7.09. The van der Waals surface area contributed by atoms with Crippen molar-refractivity contribution in [3.8, 4) is 0 Å². The third kappa shape index (κ3) is 3.67. The maximum Gasteiger partial charge on any atom is 0.129 e. The summed E-state index contributed by atoms with van der Waals surface area (Å²) in [5.41, 5.74) is 1.14. The second-order valence-corrected chi connectivity index (χ2v) is 5.07. The molecule has 1 unspecified atom stereocenters. The van der Waals surface area contributed by atoms with E-state index in [-0.39, 0.29) is 0 Å². The fraction of sp³-hybridized carbons (Fsp3) is 0.714. The van der Waals surface area contributed by atoms with Crippen molar-refractivity contribution in [2.75, 3.05) is 31.5 Å². The van der Waals surface area contributed by atoms with Gasteiger partial charge in [0.15, 0.2) is 0 Å². The Kier molecular flexibility index (Phi) is 4.93. The number of nitrogens with zero attached hydrogens (tertiary/aromatic N) is 3. The van der Waals surface area contributed by atoms with E-state index in [1.807, 2.05) is 0 Å². The fourth-order valence-corrected chi connectivity index (χ4v) is 2.50. The van der Waals surface area contributed by atoms with Gasteiger partial charge in [-0.25, -0.2) is 9.97 Å². The van der Waals surface area contributed by atoms with Gasteiger partial charge in [0.1, 0.15) is 12.1 Å². The van der Waals surface area contributed by atoms with E-state index in [1.54, 1.807) is 6.33 Å². The van der Waals surface area contributed by atoms with Crippen LogP contribution in [-0.4, -0.2) is 41.0 Å². The van der Waals surface area contributed by atoms with Gasteiger partial charge in [-0.3, -0.25) is 0 Å². The molecule has 1 N–H and O–H groups in total. The third-order valence-electron chi connectivity index (χ3n) is 3.62. The van der Waals surface area contributed by atoms with Gasteiger partial charge < -0.3 is 10.2 Å². The van der Waals surface area contributed by atoms with Crippen LogP contribution in [-0.2, 0) is 6.42 Å². The second kappa shape index (κ2) is 6.69. The summed E-state index contributed by atoms with van der Waals surface area (Å²) in [6.45, 7) is 9.07. The van der Waals surface area contributed by atoms with Crippen LogP contribution in [0.2, 0.25) is 0 Å². The highest BCUT2D eigenvalue weighted by atomic mass is 15.1. The lowest BCUT2D eigenvalue weighted by Crippen LogP contribution is -2.22. The molecule has 0 saturated carbocycles. The summed E-state index contributed by atoms with van der Waals surface area (Å²) in [5.74, 6) is 1.73. The Labute approximate surface area is 110 Å². The minimum absolute atomic E-state index is 0.759. The van der Waals surface area contributed by atoms with Gasteiger partial charge in [0, 0.05) is 24.8 Å². The second-order valence-electron chi connectivity index (χ2n) is 5.07. The normalized spacial score (nSPS) is 20.2. The first-order valence-corrected chi connectivity index (χ1v) is 7.09. The van der Waals surface area contributed by atoms with Gasteiger partial charge in [0.05, 0.1) is 0 Å². The topological polar surface area (TPSA) is 41.0 Å². The van der Waals surface area contributed by atoms with Crippen LogP contribution in [0.25, 0.3) is 0 Å². The maximum atomic E-state index is 4.29. The molecule has 0 spiro atoms. The number of anilines is 1. The van der Waals surface area contributed by atoms with Gasteiger partial charge >= 0.3 is 0 Å². The molecule has 1 aromatic rings. The highest BCUT2D eigenvalue weighted by Gasteiger charge is 2.20. The van der Waals surface area contributed by atoms with Crippen molar-refractivity contribution in [1.29, 1.82) is 0 Å². The summed E-state index contributed by atoms with van der Waals surface area (Å²) in [6.07, 6.45) is 5.13. The molecular formula is C14H24N4. The van der Waals surface area contributed by atoms with Crippen LogP contribution in [0.3, 0.4) is 0 Å². The zero-order valence-electron chi connectivity index (χ0n) is 11.5. The quantitative estimate of drug-likeness (QED) is 0.838. The molecule has 1 fully saturated rings. The molecule has 0 bridgehead atoms. The number of hydrogen-bond donors (Lipinski definition) is 1. The smallest absolute Gasteiger partial charge is 0.129 e. The summed E-state index contributed by atoms with van der Waals surface area (Å²) in [4.78, 5) is 11.1. The van der Waals surface area contributed by atoms with Gasteiger partial charge in [0.2, 0.25) is 0 Å². The summed E-state index contributed by atoms with van der Waals surface area (Å²) in [5, 5.41) is 3.45. The van der Waals surface area contributed by atoms with E-state index < -0.39 is 0 Å². The number of likely N-dealkylation sites (tertiary alicyclic amines) is 1. The van der Waals surface area contributed by atoms with E-state index in [4.69, 9.17) is 0 Å². The van der Waals surface area contributed by atoms with Crippen molar-refractivity contribution in [1.82, 2.24) is 14.9 Å². The fourth-order valence-electron chi connectivity index (χ4n) is 2.50. The van der Waals surface area contributed by atoms with Crippen LogP contribution in [0, 0.1) is 5.92 Å². The molecule has 1 atom stereocenters. The molecule has 18 heavy (non-hydrogen) atoms. The minimum atomic E-state index is 0.759. The monoisotopic (exact) mass is 248 g/mol. The minimum Gasteiger partial charge on any atom is -0.370 e. The SMILES string of the molecule is CCCc1cc(NCC2CCN(CC)C2)ncn1. The Bertz CT molecular complexity index is 367. The number of aromatic nitrogens is 2. The molecule has 0 aromatic carbocycles.